The van der Waals surface area contributed by atoms with Gasteiger partial charge in [-0.25, -0.2) is 13.1 Å². The zero-order valence-electron chi connectivity index (χ0n) is 15.6. The first-order valence-electron chi connectivity index (χ1n) is 8.84. The Morgan fingerprint density at radius 2 is 2.00 bits per heavy atom. The highest BCUT2D eigenvalue weighted by Crippen LogP contribution is 2.33. The Hall–Kier alpha value is -1.31. The topological polar surface area (TPSA) is 67.9 Å². The molecular weight excluding hydrogens is 340 g/mol. The van der Waals surface area contributed by atoms with Crippen molar-refractivity contribution in [2.45, 2.75) is 51.8 Å². The number of sulfonamides is 1. The van der Waals surface area contributed by atoms with Crippen LogP contribution in [0.25, 0.3) is 0 Å². The largest absolute Gasteiger partial charge is 0.493 e. The van der Waals surface area contributed by atoms with Crippen LogP contribution in [0, 0.1) is 0 Å². The predicted molar refractivity (Wildman–Crippen MR) is 99.7 cm³/mol. The molecule has 0 bridgehead atoms. The van der Waals surface area contributed by atoms with E-state index in [-0.39, 0.29) is 12.1 Å². The van der Waals surface area contributed by atoms with Gasteiger partial charge in [0.05, 0.1) is 19.5 Å². The molecule has 0 saturated carbocycles. The fourth-order valence-electron chi connectivity index (χ4n) is 3.02. The average Bonchev–Trinajstić information content (AvgIpc) is 2.56. The van der Waals surface area contributed by atoms with Gasteiger partial charge in [0, 0.05) is 31.2 Å². The Labute approximate surface area is 151 Å². The summed E-state index contributed by atoms with van der Waals surface area (Å²) in [6.07, 6.45) is 3.91. The van der Waals surface area contributed by atoms with E-state index >= 15 is 0 Å². The van der Waals surface area contributed by atoms with Crippen LogP contribution in [0.3, 0.4) is 0 Å². The predicted octanol–water partition coefficient (Wildman–Crippen LogP) is 2.39. The molecule has 1 fully saturated rings. The Kier molecular flexibility index (Phi) is 7.10. The Balaban J connectivity index is 2.03. The molecule has 1 atom stereocenters. The number of piperidine rings is 1. The maximum Gasteiger partial charge on any atom is 0.208 e. The molecule has 0 aliphatic carbocycles. The summed E-state index contributed by atoms with van der Waals surface area (Å²) in [6, 6.07) is 6.01. The van der Waals surface area contributed by atoms with E-state index in [0.717, 1.165) is 56.0 Å². The number of rotatable bonds is 8. The van der Waals surface area contributed by atoms with E-state index in [0.29, 0.717) is 0 Å². The minimum Gasteiger partial charge on any atom is -0.493 e. The molecule has 1 aliphatic heterocycles. The van der Waals surface area contributed by atoms with Crippen molar-refractivity contribution in [3.63, 3.8) is 0 Å². The van der Waals surface area contributed by atoms with Gasteiger partial charge >= 0.3 is 0 Å². The number of ether oxygens (including phenoxy) is 2. The third kappa shape index (κ3) is 6.17. The molecular formula is C18H30N2O4S. The minimum atomic E-state index is -3.14. The summed E-state index contributed by atoms with van der Waals surface area (Å²) < 4.78 is 37.0. The second-order valence-electron chi connectivity index (χ2n) is 6.73. The van der Waals surface area contributed by atoms with Gasteiger partial charge in [-0.3, -0.25) is 4.90 Å². The lowest BCUT2D eigenvalue weighted by Gasteiger charge is -2.32. The van der Waals surface area contributed by atoms with Gasteiger partial charge in [0.1, 0.15) is 0 Å². The standard InChI is InChI=1S/C18H30N2O4S/c1-5-14(2)24-18-15(7-6-8-17(18)23-3)13-20-11-9-16(10-12-20)19-25(4,21)22/h6-8,14,16,19H,5,9-13H2,1-4H3. The van der Waals surface area contributed by atoms with Gasteiger partial charge in [0.25, 0.3) is 0 Å². The van der Waals surface area contributed by atoms with Crippen LogP contribution in [0.4, 0.5) is 0 Å². The summed E-state index contributed by atoms with van der Waals surface area (Å²) in [4.78, 5) is 2.33. The van der Waals surface area contributed by atoms with Crippen LogP contribution in [0.15, 0.2) is 18.2 Å². The smallest absolute Gasteiger partial charge is 0.208 e. The SMILES string of the molecule is CCC(C)Oc1c(CN2CCC(NS(C)(=O)=O)CC2)cccc1OC. The van der Waals surface area contributed by atoms with Gasteiger partial charge in [0.15, 0.2) is 11.5 Å². The van der Waals surface area contributed by atoms with Gasteiger partial charge in [0.2, 0.25) is 10.0 Å². The normalized spacial score (nSPS) is 18.1. The number of nitrogens with zero attached hydrogens (tertiary/aromatic N) is 1. The Morgan fingerprint density at radius 3 is 2.56 bits per heavy atom. The van der Waals surface area contributed by atoms with Crippen LogP contribution in [0.1, 0.15) is 38.7 Å². The monoisotopic (exact) mass is 370 g/mol. The molecule has 0 aromatic heterocycles. The first-order valence-corrected chi connectivity index (χ1v) is 10.7. The zero-order chi connectivity index (χ0) is 18.4. The second kappa shape index (κ2) is 8.87. The molecule has 0 spiro atoms. The summed E-state index contributed by atoms with van der Waals surface area (Å²) in [5.74, 6) is 1.57. The van der Waals surface area contributed by atoms with Crippen molar-refractivity contribution in [3.05, 3.63) is 23.8 Å². The first kappa shape index (κ1) is 20.0. The van der Waals surface area contributed by atoms with E-state index in [1.54, 1.807) is 7.11 Å². The summed E-state index contributed by atoms with van der Waals surface area (Å²) in [7, 11) is -1.48. The number of methoxy groups -OCH3 is 1. The number of hydrogen-bond donors (Lipinski definition) is 1. The molecule has 7 heteroatoms. The highest BCUT2D eigenvalue weighted by molar-refractivity contribution is 7.88. The molecule has 1 aliphatic rings. The molecule has 0 radical (unpaired) electrons. The van der Waals surface area contributed by atoms with Gasteiger partial charge in [-0.1, -0.05) is 19.1 Å². The molecule has 0 amide bonds. The van der Waals surface area contributed by atoms with Gasteiger partial charge in [-0.05, 0) is 32.3 Å². The second-order valence-corrected chi connectivity index (χ2v) is 8.51. The lowest BCUT2D eigenvalue weighted by molar-refractivity contribution is 0.183. The van der Waals surface area contributed by atoms with E-state index in [1.165, 1.54) is 6.26 Å². The van der Waals surface area contributed by atoms with Crippen molar-refractivity contribution in [2.75, 3.05) is 26.5 Å². The van der Waals surface area contributed by atoms with Crippen LogP contribution in [0.2, 0.25) is 0 Å². The maximum absolute atomic E-state index is 11.4. The summed E-state index contributed by atoms with van der Waals surface area (Å²) in [5.41, 5.74) is 1.11. The molecule has 25 heavy (non-hydrogen) atoms. The molecule has 1 saturated heterocycles. The lowest BCUT2D eigenvalue weighted by atomic mass is 10.0. The number of para-hydroxylation sites is 1. The van der Waals surface area contributed by atoms with Crippen molar-refractivity contribution in [2.24, 2.45) is 0 Å². The number of likely N-dealkylation sites (tertiary alicyclic amines) is 1. The minimum absolute atomic E-state index is 0.0346. The van der Waals surface area contributed by atoms with Gasteiger partial charge < -0.3 is 9.47 Å². The van der Waals surface area contributed by atoms with Crippen molar-refractivity contribution in [1.82, 2.24) is 9.62 Å². The van der Waals surface area contributed by atoms with Crippen molar-refractivity contribution < 1.29 is 17.9 Å². The third-order valence-electron chi connectivity index (χ3n) is 4.54. The fraction of sp³-hybridized carbons (Fsp3) is 0.667. The fourth-order valence-corrected chi connectivity index (χ4v) is 3.86. The maximum atomic E-state index is 11.4. The van der Waals surface area contributed by atoms with Crippen LogP contribution in [-0.2, 0) is 16.6 Å². The Morgan fingerprint density at radius 1 is 1.32 bits per heavy atom. The van der Waals surface area contributed by atoms with Crippen LogP contribution in [0.5, 0.6) is 11.5 Å². The molecule has 1 N–H and O–H groups in total. The summed E-state index contributed by atoms with van der Waals surface area (Å²) in [6.45, 7) is 6.63. The first-order chi connectivity index (χ1) is 11.8. The number of hydrogen-bond acceptors (Lipinski definition) is 5. The lowest BCUT2D eigenvalue weighted by Crippen LogP contribution is -2.44. The van der Waals surface area contributed by atoms with E-state index < -0.39 is 10.0 Å². The Bertz CT molecular complexity index is 655. The summed E-state index contributed by atoms with van der Waals surface area (Å²) in [5, 5.41) is 0. The van der Waals surface area contributed by atoms with E-state index in [2.05, 4.69) is 29.5 Å². The third-order valence-corrected chi connectivity index (χ3v) is 5.30. The van der Waals surface area contributed by atoms with Crippen LogP contribution < -0.4 is 14.2 Å². The van der Waals surface area contributed by atoms with Gasteiger partial charge in [-0.2, -0.15) is 0 Å². The molecule has 1 aromatic rings. The summed E-state index contributed by atoms with van der Waals surface area (Å²) >= 11 is 0. The highest BCUT2D eigenvalue weighted by Gasteiger charge is 2.23. The van der Waals surface area contributed by atoms with Crippen LogP contribution in [-0.4, -0.2) is 51.9 Å². The van der Waals surface area contributed by atoms with Gasteiger partial charge in [-0.15, -0.1) is 0 Å². The van der Waals surface area contributed by atoms with Crippen molar-refractivity contribution in [3.8, 4) is 11.5 Å². The molecule has 1 unspecified atom stereocenters. The molecule has 1 aromatic carbocycles. The molecule has 6 nitrogen and oxygen atoms in total. The highest BCUT2D eigenvalue weighted by atomic mass is 32.2. The van der Waals surface area contributed by atoms with Crippen molar-refractivity contribution >= 4 is 10.0 Å². The molecule has 142 valence electrons. The van der Waals surface area contributed by atoms with Crippen molar-refractivity contribution in [1.29, 1.82) is 0 Å². The average molecular weight is 371 g/mol. The zero-order valence-corrected chi connectivity index (χ0v) is 16.4. The van der Waals surface area contributed by atoms with E-state index in [1.807, 2.05) is 12.1 Å². The quantitative estimate of drug-likeness (QED) is 0.761. The van der Waals surface area contributed by atoms with Crippen LogP contribution >= 0.6 is 0 Å². The number of nitrogens with one attached hydrogen (secondary N) is 1. The number of benzene rings is 1. The molecule has 2 rings (SSSR count). The molecule has 1 heterocycles. The van der Waals surface area contributed by atoms with E-state index in [9.17, 15) is 8.42 Å². The van der Waals surface area contributed by atoms with E-state index in [4.69, 9.17) is 9.47 Å².